The van der Waals surface area contributed by atoms with Gasteiger partial charge in [-0.3, -0.25) is 9.69 Å². The first kappa shape index (κ1) is 27.3. The second kappa shape index (κ2) is 12.2. The normalized spacial score (nSPS) is 15.8. The van der Waals surface area contributed by atoms with Gasteiger partial charge in [0.15, 0.2) is 11.6 Å². The number of amides is 1. The summed E-state index contributed by atoms with van der Waals surface area (Å²) in [7, 11) is 0. The molecule has 1 saturated heterocycles. The second-order valence-electron chi connectivity index (χ2n) is 9.36. The number of rotatable bonds is 9. The topological polar surface area (TPSA) is 74.2 Å². The number of hydrogen-bond acceptors (Lipinski definition) is 5. The molecule has 0 saturated carbocycles. The lowest BCUT2D eigenvalue weighted by Gasteiger charge is -2.38. The minimum atomic E-state index is -1.01. The van der Waals surface area contributed by atoms with Gasteiger partial charge in [0.05, 0.1) is 5.60 Å². The van der Waals surface area contributed by atoms with Crippen LogP contribution in [0.2, 0.25) is 0 Å². The minimum absolute atomic E-state index is 0.162. The van der Waals surface area contributed by atoms with E-state index in [1.165, 1.54) is 13.0 Å². The van der Waals surface area contributed by atoms with Crippen molar-refractivity contribution in [3.05, 3.63) is 101 Å². The Morgan fingerprint density at radius 1 is 1.03 bits per heavy atom. The predicted molar refractivity (Wildman–Crippen MR) is 140 cm³/mol. The highest BCUT2D eigenvalue weighted by Crippen LogP contribution is 2.34. The zero-order valence-electron chi connectivity index (χ0n) is 21.1. The molecule has 1 aliphatic heterocycles. The maximum atomic E-state index is 13.8. The van der Waals surface area contributed by atoms with Gasteiger partial charge < -0.3 is 15.3 Å². The Hall–Kier alpha value is -3.69. The van der Waals surface area contributed by atoms with Crippen molar-refractivity contribution in [1.29, 1.82) is 0 Å². The van der Waals surface area contributed by atoms with Gasteiger partial charge in [-0.25, -0.2) is 13.2 Å². The van der Waals surface area contributed by atoms with E-state index < -0.39 is 23.9 Å². The molecule has 9 heteroatoms. The fraction of sp³-hybridized carbons (Fsp3) is 0.310. The quantitative estimate of drug-likeness (QED) is 0.230. The Morgan fingerprint density at radius 2 is 1.74 bits per heavy atom. The average molecular weight is 526 g/mol. The summed E-state index contributed by atoms with van der Waals surface area (Å²) in [5.74, 6) is -2.14. The maximum Gasteiger partial charge on any atom is 0.221 e. The van der Waals surface area contributed by atoms with E-state index >= 15 is 0 Å². The molecule has 0 atom stereocenters. The van der Waals surface area contributed by atoms with Crippen molar-refractivity contribution in [2.75, 3.05) is 31.7 Å². The van der Waals surface area contributed by atoms with Crippen LogP contribution in [0.25, 0.3) is 0 Å². The van der Waals surface area contributed by atoms with Crippen LogP contribution in [0.4, 0.5) is 18.9 Å². The standard InChI is InChI=1S/C29H30F3N3O3/c1-20(36)33-25-4-2-3-24(18-25)29(37)11-14-35(15-12-29)19-21-5-7-22(8-6-21)28(34-38-16-13-30)23-9-10-26(31)27(32)17-23/h2-10,17-18,37H,11-16,19H2,1H3,(H,33,36). The number of hydrogen-bond donors (Lipinski definition) is 2. The van der Waals surface area contributed by atoms with E-state index in [1.54, 1.807) is 6.07 Å². The first-order valence-electron chi connectivity index (χ1n) is 12.4. The summed E-state index contributed by atoms with van der Waals surface area (Å²) in [6, 6.07) is 18.2. The van der Waals surface area contributed by atoms with Crippen LogP contribution in [-0.4, -0.2) is 48.0 Å². The molecule has 0 aromatic heterocycles. The largest absolute Gasteiger partial charge is 0.392 e. The van der Waals surface area contributed by atoms with E-state index in [9.17, 15) is 23.1 Å². The molecular weight excluding hydrogens is 495 g/mol. The second-order valence-corrected chi connectivity index (χ2v) is 9.36. The van der Waals surface area contributed by atoms with Crippen molar-refractivity contribution in [2.45, 2.75) is 31.9 Å². The van der Waals surface area contributed by atoms with Crippen LogP contribution >= 0.6 is 0 Å². The third kappa shape index (κ3) is 6.79. The zero-order chi connectivity index (χ0) is 27.1. The van der Waals surface area contributed by atoms with Crippen LogP contribution in [0.1, 0.15) is 42.0 Å². The molecule has 6 nitrogen and oxygen atoms in total. The molecular formula is C29H30F3N3O3. The molecule has 2 N–H and O–H groups in total. The van der Waals surface area contributed by atoms with Crippen molar-refractivity contribution in [3.63, 3.8) is 0 Å². The fourth-order valence-corrected chi connectivity index (χ4v) is 4.55. The first-order chi connectivity index (χ1) is 18.3. The predicted octanol–water partition coefficient (Wildman–Crippen LogP) is 5.15. The molecule has 3 aromatic carbocycles. The summed E-state index contributed by atoms with van der Waals surface area (Å²) in [5, 5.41) is 18.0. The smallest absolute Gasteiger partial charge is 0.221 e. The monoisotopic (exact) mass is 525 g/mol. The highest BCUT2D eigenvalue weighted by Gasteiger charge is 2.34. The number of nitrogens with zero attached hydrogens (tertiary/aromatic N) is 2. The van der Waals surface area contributed by atoms with Gasteiger partial charge in [0.1, 0.15) is 19.0 Å². The van der Waals surface area contributed by atoms with E-state index in [0.717, 1.165) is 23.3 Å². The van der Waals surface area contributed by atoms with E-state index in [-0.39, 0.29) is 18.2 Å². The molecule has 4 rings (SSSR count). The molecule has 1 fully saturated rings. The number of piperidine rings is 1. The van der Waals surface area contributed by atoms with Crippen LogP contribution in [0.15, 0.2) is 71.9 Å². The van der Waals surface area contributed by atoms with Crippen molar-refractivity contribution >= 4 is 17.3 Å². The molecule has 0 aliphatic carbocycles. The van der Waals surface area contributed by atoms with Crippen LogP contribution in [0.3, 0.4) is 0 Å². The van der Waals surface area contributed by atoms with E-state index in [0.29, 0.717) is 49.3 Å². The Kier molecular flexibility index (Phi) is 8.81. The third-order valence-corrected chi connectivity index (χ3v) is 6.55. The summed E-state index contributed by atoms with van der Waals surface area (Å²) in [6.45, 7) is 2.51. The summed E-state index contributed by atoms with van der Waals surface area (Å²) in [5.41, 5.74) is 2.71. The molecule has 1 aliphatic rings. The number of oxime groups is 1. The molecule has 200 valence electrons. The van der Waals surface area contributed by atoms with E-state index in [4.69, 9.17) is 4.84 Å². The Morgan fingerprint density at radius 3 is 2.39 bits per heavy atom. The van der Waals surface area contributed by atoms with Gasteiger partial charge in [0.25, 0.3) is 0 Å². The van der Waals surface area contributed by atoms with Gasteiger partial charge in [0.2, 0.25) is 5.91 Å². The van der Waals surface area contributed by atoms with Crippen LogP contribution < -0.4 is 5.32 Å². The lowest BCUT2D eigenvalue weighted by Crippen LogP contribution is -2.42. The molecule has 3 aromatic rings. The van der Waals surface area contributed by atoms with Gasteiger partial charge in [-0.2, -0.15) is 0 Å². The fourth-order valence-electron chi connectivity index (χ4n) is 4.55. The summed E-state index contributed by atoms with van der Waals surface area (Å²) in [6.07, 6.45) is 1.10. The highest BCUT2D eigenvalue weighted by molar-refractivity contribution is 6.12. The number of nitrogens with one attached hydrogen (secondary N) is 1. The van der Waals surface area contributed by atoms with Crippen molar-refractivity contribution in [3.8, 4) is 0 Å². The SMILES string of the molecule is CC(=O)Nc1cccc(C2(O)CCN(Cc3ccc(C(=NOCCF)c4ccc(F)c(F)c4)cc3)CC2)c1. The average Bonchev–Trinajstić information content (AvgIpc) is 2.90. The Balaban J connectivity index is 1.42. The number of carbonyl (C=O) groups is 1. The third-order valence-electron chi connectivity index (χ3n) is 6.55. The van der Waals surface area contributed by atoms with Crippen molar-refractivity contribution in [1.82, 2.24) is 4.90 Å². The first-order valence-corrected chi connectivity index (χ1v) is 12.4. The number of alkyl halides is 1. The number of carbonyl (C=O) groups excluding carboxylic acids is 1. The van der Waals surface area contributed by atoms with E-state index in [1.807, 2.05) is 42.5 Å². The van der Waals surface area contributed by atoms with Gasteiger partial charge in [0, 0.05) is 43.4 Å². The number of anilines is 1. The lowest BCUT2D eigenvalue weighted by atomic mass is 9.84. The number of benzene rings is 3. The molecule has 0 unspecified atom stereocenters. The van der Waals surface area contributed by atoms with Gasteiger partial charge >= 0.3 is 0 Å². The van der Waals surface area contributed by atoms with Crippen LogP contribution in [0, 0.1) is 11.6 Å². The molecule has 1 heterocycles. The summed E-state index contributed by atoms with van der Waals surface area (Å²) in [4.78, 5) is 18.6. The van der Waals surface area contributed by atoms with Crippen molar-refractivity contribution < 1.29 is 27.9 Å². The highest BCUT2D eigenvalue weighted by atomic mass is 19.2. The molecule has 1 amide bonds. The van der Waals surface area contributed by atoms with E-state index in [2.05, 4.69) is 15.4 Å². The maximum absolute atomic E-state index is 13.8. The summed E-state index contributed by atoms with van der Waals surface area (Å²) < 4.78 is 39.8. The zero-order valence-corrected chi connectivity index (χ0v) is 21.1. The Labute approximate surface area is 219 Å². The van der Waals surface area contributed by atoms with Crippen LogP contribution in [0.5, 0.6) is 0 Å². The van der Waals surface area contributed by atoms with Crippen molar-refractivity contribution in [2.24, 2.45) is 5.16 Å². The molecule has 0 radical (unpaired) electrons. The summed E-state index contributed by atoms with van der Waals surface area (Å²) >= 11 is 0. The number of halogens is 3. The lowest BCUT2D eigenvalue weighted by molar-refractivity contribution is -0.114. The number of aliphatic hydroxyl groups is 1. The van der Waals surface area contributed by atoms with Gasteiger partial charge in [-0.05, 0) is 54.3 Å². The Bertz CT molecular complexity index is 1290. The molecule has 38 heavy (non-hydrogen) atoms. The molecule has 0 spiro atoms. The van der Waals surface area contributed by atoms with Gasteiger partial charge in [-0.1, -0.05) is 41.6 Å². The van der Waals surface area contributed by atoms with Gasteiger partial charge in [-0.15, -0.1) is 0 Å². The van der Waals surface area contributed by atoms with Crippen LogP contribution in [-0.2, 0) is 21.8 Å². The number of likely N-dealkylation sites (tertiary alicyclic amines) is 1. The molecule has 0 bridgehead atoms. The minimum Gasteiger partial charge on any atom is -0.392 e.